The number of nitrogens with one attached hydrogen (secondary N) is 1. The summed E-state index contributed by atoms with van der Waals surface area (Å²) in [6.45, 7) is 1.28. The van der Waals surface area contributed by atoms with E-state index in [-0.39, 0.29) is 22.6 Å². The minimum Gasteiger partial charge on any atom is -0.505 e. The zero-order valence-electron chi connectivity index (χ0n) is 9.65. The summed E-state index contributed by atoms with van der Waals surface area (Å²) in [5.74, 6) is -0.345. The van der Waals surface area contributed by atoms with Crippen molar-refractivity contribution in [2.75, 3.05) is 13.1 Å². The second kappa shape index (κ2) is 4.71. The molecule has 0 atom stereocenters. The molecule has 0 unspecified atom stereocenters. The van der Waals surface area contributed by atoms with Crippen LogP contribution in [0.15, 0.2) is 18.5 Å². The Hall–Kier alpha value is -1.62. The molecule has 1 aliphatic carbocycles. The number of carbonyl (C=O) groups is 1. The van der Waals surface area contributed by atoms with Gasteiger partial charge < -0.3 is 16.2 Å². The average molecular weight is 235 g/mol. The summed E-state index contributed by atoms with van der Waals surface area (Å²) in [6, 6.07) is 1.51. The first-order chi connectivity index (χ1) is 8.17. The molecule has 0 saturated heterocycles. The lowest BCUT2D eigenvalue weighted by atomic mass is 10.0. The zero-order valence-corrected chi connectivity index (χ0v) is 9.65. The van der Waals surface area contributed by atoms with Crippen molar-refractivity contribution in [1.82, 2.24) is 10.3 Å². The van der Waals surface area contributed by atoms with Crippen LogP contribution in [0.1, 0.15) is 29.6 Å². The standard InChI is InChI=1S/C12H17N3O2/c13-5-4-12(2-3-12)8-15-11(17)9-1-6-14-7-10(9)16/h1,6-7,16H,2-5,8,13H2,(H,15,17). The lowest BCUT2D eigenvalue weighted by Crippen LogP contribution is -2.31. The number of amides is 1. The Kier molecular flexibility index (Phi) is 3.28. The van der Waals surface area contributed by atoms with Crippen LogP contribution in [-0.4, -0.2) is 29.1 Å². The van der Waals surface area contributed by atoms with Gasteiger partial charge in [-0.15, -0.1) is 0 Å². The summed E-state index contributed by atoms with van der Waals surface area (Å²) in [5, 5.41) is 12.3. The minimum atomic E-state index is -0.256. The molecule has 1 fully saturated rings. The van der Waals surface area contributed by atoms with Crippen LogP contribution in [0.4, 0.5) is 0 Å². The molecule has 0 aliphatic heterocycles. The molecule has 0 aromatic carbocycles. The van der Waals surface area contributed by atoms with Crippen LogP contribution in [-0.2, 0) is 0 Å². The van der Waals surface area contributed by atoms with Gasteiger partial charge >= 0.3 is 0 Å². The Balaban J connectivity index is 1.92. The maximum Gasteiger partial charge on any atom is 0.255 e. The van der Waals surface area contributed by atoms with E-state index in [0.29, 0.717) is 13.1 Å². The highest BCUT2D eigenvalue weighted by Gasteiger charge is 2.41. The number of nitrogens with zero attached hydrogens (tertiary/aromatic N) is 1. The van der Waals surface area contributed by atoms with Crippen molar-refractivity contribution in [3.05, 3.63) is 24.0 Å². The van der Waals surface area contributed by atoms with E-state index in [2.05, 4.69) is 10.3 Å². The van der Waals surface area contributed by atoms with E-state index in [4.69, 9.17) is 5.73 Å². The van der Waals surface area contributed by atoms with Gasteiger partial charge in [0.15, 0.2) is 0 Å². The third-order valence-corrected chi connectivity index (χ3v) is 3.30. The first-order valence-corrected chi connectivity index (χ1v) is 5.78. The van der Waals surface area contributed by atoms with Crippen LogP contribution in [0.25, 0.3) is 0 Å². The van der Waals surface area contributed by atoms with E-state index in [1.54, 1.807) is 0 Å². The highest BCUT2D eigenvalue weighted by atomic mass is 16.3. The van der Waals surface area contributed by atoms with Gasteiger partial charge in [-0.25, -0.2) is 0 Å². The van der Waals surface area contributed by atoms with E-state index >= 15 is 0 Å². The highest BCUT2D eigenvalue weighted by molar-refractivity contribution is 5.96. The Morgan fingerprint density at radius 3 is 2.94 bits per heavy atom. The molecule has 0 bridgehead atoms. The minimum absolute atomic E-state index is 0.0892. The van der Waals surface area contributed by atoms with Gasteiger partial charge in [-0.05, 0) is 37.3 Å². The van der Waals surface area contributed by atoms with Crippen molar-refractivity contribution in [2.24, 2.45) is 11.1 Å². The van der Waals surface area contributed by atoms with Gasteiger partial charge in [0.1, 0.15) is 5.75 Å². The van der Waals surface area contributed by atoms with E-state index in [0.717, 1.165) is 19.3 Å². The molecule has 2 rings (SSSR count). The maximum absolute atomic E-state index is 11.8. The first kappa shape index (κ1) is 11.9. The van der Waals surface area contributed by atoms with Crippen LogP contribution in [0, 0.1) is 5.41 Å². The van der Waals surface area contributed by atoms with Crippen LogP contribution < -0.4 is 11.1 Å². The number of rotatable bonds is 5. The first-order valence-electron chi connectivity index (χ1n) is 5.78. The molecule has 1 amide bonds. The zero-order chi connectivity index (χ0) is 12.3. The molecule has 5 nitrogen and oxygen atoms in total. The Morgan fingerprint density at radius 2 is 2.35 bits per heavy atom. The second-order valence-corrected chi connectivity index (χ2v) is 4.61. The van der Waals surface area contributed by atoms with Crippen molar-refractivity contribution in [3.63, 3.8) is 0 Å². The molecule has 1 saturated carbocycles. The molecule has 0 spiro atoms. The largest absolute Gasteiger partial charge is 0.505 e. The third-order valence-electron chi connectivity index (χ3n) is 3.30. The molecule has 1 aliphatic rings. The fourth-order valence-corrected chi connectivity index (χ4v) is 1.94. The number of hydrogen-bond acceptors (Lipinski definition) is 4. The summed E-state index contributed by atoms with van der Waals surface area (Å²) in [6.07, 6.45) is 5.93. The third kappa shape index (κ3) is 2.74. The second-order valence-electron chi connectivity index (χ2n) is 4.61. The summed E-state index contributed by atoms with van der Waals surface area (Å²) < 4.78 is 0. The van der Waals surface area contributed by atoms with E-state index in [1.165, 1.54) is 18.5 Å². The van der Waals surface area contributed by atoms with Crippen molar-refractivity contribution < 1.29 is 9.90 Å². The van der Waals surface area contributed by atoms with Crippen molar-refractivity contribution in [1.29, 1.82) is 0 Å². The van der Waals surface area contributed by atoms with Gasteiger partial charge in [0.05, 0.1) is 11.8 Å². The Labute approximate surface area is 100 Å². The molecular weight excluding hydrogens is 218 g/mol. The summed E-state index contributed by atoms with van der Waals surface area (Å²) in [7, 11) is 0. The van der Waals surface area contributed by atoms with Crippen LogP contribution >= 0.6 is 0 Å². The topological polar surface area (TPSA) is 88.2 Å². The summed E-state index contributed by atoms with van der Waals surface area (Å²) in [4.78, 5) is 15.5. The van der Waals surface area contributed by atoms with Gasteiger partial charge in [-0.3, -0.25) is 9.78 Å². The van der Waals surface area contributed by atoms with Crippen LogP contribution in [0.2, 0.25) is 0 Å². The lowest BCUT2D eigenvalue weighted by molar-refractivity contribution is 0.0941. The van der Waals surface area contributed by atoms with E-state index < -0.39 is 0 Å². The smallest absolute Gasteiger partial charge is 0.255 e. The Bertz CT molecular complexity index is 416. The van der Waals surface area contributed by atoms with Gasteiger partial charge in [0, 0.05) is 12.7 Å². The molecule has 5 heteroatoms. The number of aromatic hydroxyl groups is 1. The number of carbonyl (C=O) groups excluding carboxylic acids is 1. The van der Waals surface area contributed by atoms with Crippen LogP contribution in [0.3, 0.4) is 0 Å². The highest BCUT2D eigenvalue weighted by Crippen LogP contribution is 2.47. The quantitative estimate of drug-likeness (QED) is 0.699. The van der Waals surface area contributed by atoms with Gasteiger partial charge in [0.2, 0.25) is 0 Å². The van der Waals surface area contributed by atoms with E-state index in [9.17, 15) is 9.90 Å². The maximum atomic E-state index is 11.8. The average Bonchev–Trinajstić information content (AvgIpc) is 3.08. The lowest BCUT2D eigenvalue weighted by Gasteiger charge is -2.14. The molecule has 1 aromatic rings. The van der Waals surface area contributed by atoms with Gasteiger partial charge in [-0.2, -0.15) is 0 Å². The normalized spacial score (nSPS) is 16.5. The van der Waals surface area contributed by atoms with Crippen molar-refractivity contribution in [3.8, 4) is 5.75 Å². The molecule has 92 valence electrons. The fourth-order valence-electron chi connectivity index (χ4n) is 1.94. The van der Waals surface area contributed by atoms with E-state index in [1.807, 2.05) is 0 Å². The predicted octanol–water partition coefficient (Wildman–Crippen LogP) is 0.646. The SMILES string of the molecule is NCCC1(CNC(=O)c2ccncc2O)CC1. The fraction of sp³-hybridized carbons (Fsp3) is 0.500. The van der Waals surface area contributed by atoms with Crippen LogP contribution in [0.5, 0.6) is 5.75 Å². The molecule has 1 heterocycles. The van der Waals surface area contributed by atoms with Crippen molar-refractivity contribution in [2.45, 2.75) is 19.3 Å². The molecule has 0 radical (unpaired) electrons. The molecule has 4 N–H and O–H groups in total. The number of pyridine rings is 1. The van der Waals surface area contributed by atoms with Gasteiger partial charge in [-0.1, -0.05) is 0 Å². The molecule has 1 aromatic heterocycles. The van der Waals surface area contributed by atoms with Gasteiger partial charge in [0.25, 0.3) is 5.91 Å². The monoisotopic (exact) mass is 235 g/mol. The number of nitrogens with two attached hydrogens (primary N) is 1. The number of hydrogen-bond donors (Lipinski definition) is 3. The predicted molar refractivity (Wildman–Crippen MR) is 63.6 cm³/mol. The number of aromatic nitrogens is 1. The Morgan fingerprint density at radius 1 is 1.59 bits per heavy atom. The van der Waals surface area contributed by atoms with Crippen molar-refractivity contribution >= 4 is 5.91 Å². The summed E-state index contributed by atoms with van der Waals surface area (Å²) >= 11 is 0. The molecular formula is C12H17N3O2. The summed E-state index contributed by atoms with van der Waals surface area (Å²) in [5.41, 5.74) is 6.00. The molecule has 17 heavy (non-hydrogen) atoms.